The van der Waals surface area contributed by atoms with Crippen LogP contribution in [0.25, 0.3) is 0 Å². The number of thioether (sulfide) groups is 1. The quantitative estimate of drug-likeness (QED) is 0.909. The summed E-state index contributed by atoms with van der Waals surface area (Å²) in [6.45, 7) is 4.81. The van der Waals surface area contributed by atoms with Gasteiger partial charge in [-0.15, -0.1) is 0 Å². The molecule has 1 fully saturated rings. The van der Waals surface area contributed by atoms with Gasteiger partial charge in [-0.25, -0.2) is 8.42 Å². The zero-order chi connectivity index (χ0) is 15.6. The molecule has 0 amide bonds. The molecule has 2 atom stereocenters. The fraction of sp³-hybridized carbons (Fsp3) is 0.571. The van der Waals surface area contributed by atoms with Gasteiger partial charge in [0.05, 0.1) is 12.0 Å². The van der Waals surface area contributed by atoms with Crippen LogP contribution >= 0.6 is 11.8 Å². The first-order valence-corrected chi connectivity index (χ1v) is 9.41. The first kappa shape index (κ1) is 16.6. The number of hydrogen-bond donors (Lipinski definition) is 1. The van der Waals surface area contributed by atoms with Gasteiger partial charge in [0.25, 0.3) is 0 Å². The van der Waals surface area contributed by atoms with Crippen molar-refractivity contribution >= 4 is 21.8 Å². The van der Waals surface area contributed by atoms with E-state index in [-0.39, 0.29) is 17.5 Å². The molecule has 1 saturated heterocycles. The SMILES string of the molecule is COc1ccc(S(=O)(=O)N2CCSC(C)C2C)cc1CN. The van der Waals surface area contributed by atoms with Gasteiger partial charge < -0.3 is 10.5 Å². The normalized spacial score (nSPS) is 24.0. The third kappa shape index (κ3) is 3.21. The number of benzene rings is 1. The fourth-order valence-electron chi connectivity index (χ4n) is 2.45. The van der Waals surface area contributed by atoms with E-state index >= 15 is 0 Å². The topological polar surface area (TPSA) is 72.6 Å². The maximum Gasteiger partial charge on any atom is 0.243 e. The van der Waals surface area contributed by atoms with E-state index in [4.69, 9.17) is 10.5 Å². The Hall–Kier alpha value is -0.760. The van der Waals surface area contributed by atoms with Crippen molar-refractivity contribution < 1.29 is 13.2 Å². The zero-order valence-corrected chi connectivity index (χ0v) is 14.2. The summed E-state index contributed by atoms with van der Waals surface area (Å²) >= 11 is 1.81. The average Bonchev–Trinajstić information content (AvgIpc) is 2.49. The van der Waals surface area contributed by atoms with Gasteiger partial charge in [0.15, 0.2) is 0 Å². The summed E-state index contributed by atoms with van der Waals surface area (Å²) in [5.41, 5.74) is 6.37. The maximum atomic E-state index is 12.8. The smallest absolute Gasteiger partial charge is 0.243 e. The summed E-state index contributed by atoms with van der Waals surface area (Å²) in [4.78, 5) is 0.287. The Labute approximate surface area is 130 Å². The summed E-state index contributed by atoms with van der Waals surface area (Å²) in [5, 5.41) is 0.292. The molecular formula is C14H22N2O3S2. The standard InChI is InChI=1S/C14H22N2O3S2/c1-10-11(2)20-7-6-16(10)21(17,18)13-4-5-14(19-3)12(8-13)9-15/h4-5,8,10-11H,6-7,9,15H2,1-3H3. The number of sulfonamides is 1. The highest BCUT2D eigenvalue weighted by Crippen LogP contribution is 2.31. The summed E-state index contributed by atoms with van der Waals surface area (Å²) < 4.78 is 32.5. The predicted octanol–water partition coefficient (Wildman–Crippen LogP) is 1.67. The lowest BCUT2D eigenvalue weighted by Crippen LogP contribution is -2.47. The van der Waals surface area contributed by atoms with E-state index in [1.165, 1.54) is 0 Å². The molecule has 0 bridgehead atoms. The number of ether oxygens (including phenoxy) is 1. The van der Waals surface area contributed by atoms with Crippen molar-refractivity contribution in [1.29, 1.82) is 0 Å². The summed E-state index contributed by atoms with van der Waals surface area (Å²) in [6, 6.07) is 4.86. The second kappa shape index (κ2) is 6.56. The van der Waals surface area contributed by atoms with Gasteiger partial charge >= 0.3 is 0 Å². The second-order valence-electron chi connectivity index (χ2n) is 5.11. The minimum absolute atomic E-state index is 0.0165. The molecule has 0 radical (unpaired) electrons. The maximum absolute atomic E-state index is 12.8. The molecule has 0 aromatic heterocycles. The van der Waals surface area contributed by atoms with E-state index in [2.05, 4.69) is 6.92 Å². The van der Waals surface area contributed by atoms with Crippen molar-refractivity contribution in [3.05, 3.63) is 23.8 Å². The molecule has 0 saturated carbocycles. The first-order valence-electron chi connectivity index (χ1n) is 6.92. The van der Waals surface area contributed by atoms with Gasteiger partial charge in [-0.1, -0.05) is 6.92 Å². The van der Waals surface area contributed by atoms with Gasteiger partial charge in [0.1, 0.15) is 5.75 Å². The number of hydrogen-bond acceptors (Lipinski definition) is 5. The van der Waals surface area contributed by atoms with Crippen LogP contribution in [0.1, 0.15) is 19.4 Å². The molecule has 1 aromatic rings. The van der Waals surface area contributed by atoms with Crippen LogP contribution in [0.3, 0.4) is 0 Å². The molecular weight excluding hydrogens is 308 g/mol. The number of nitrogens with zero attached hydrogens (tertiary/aromatic N) is 1. The lowest BCUT2D eigenvalue weighted by atomic mass is 10.2. The van der Waals surface area contributed by atoms with Gasteiger partial charge in [-0.3, -0.25) is 0 Å². The van der Waals surface area contributed by atoms with E-state index in [0.29, 0.717) is 23.1 Å². The third-order valence-corrected chi connectivity index (χ3v) is 7.22. The molecule has 118 valence electrons. The van der Waals surface area contributed by atoms with Crippen molar-refractivity contribution in [1.82, 2.24) is 4.31 Å². The van der Waals surface area contributed by atoms with E-state index in [1.807, 2.05) is 18.7 Å². The summed E-state index contributed by atoms with van der Waals surface area (Å²) in [5.74, 6) is 1.44. The number of methoxy groups -OCH3 is 1. The zero-order valence-electron chi connectivity index (χ0n) is 12.6. The van der Waals surface area contributed by atoms with E-state index in [9.17, 15) is 8.42 Å². The van der Waals surface area contributed by atoms with Crippen LogP contribution in [0.15, 0.2) is 23.1 Å². The van der Waals surface area contributed by atoms with Crippen LogP contribution in [0.4, 0.5) is 0 Å². The molecule has 1 aromatic carbocycles. The van der Waals surface area contributed by atoms with Crippen LogP contribution in [-0.2, 0) is 16.6 Å². The lowest BCUT2D eigenvalue weighted by Gasteiger charge is -2.36. The second-order valence-corrected chi connectivity index (χ2v) is 8.49. The van der Waals surface area contributed by atoms with E-state index in [0.717, 1.165) is 5.75 Å². The monoisotopic (exact) mass is 330 g/mol. The van der Waals surface area contributed by atoms with Crippen molar-refractivity contribution in [3.63, 3.8) is 0 Å². The summed E-state index contributed by atoms with van der Waals surface area (Å²) in [6.07, 6.45) is 0. The molecule has 2 rings (SSSR count). The van der Waals surface area contributed by atoms with Gasteiger partial charge in [-0.05, 0) is 25.1 Å². The Morgan fingerprint density at radius 2 is 2.14 bits per heavy atom. The van der Waals surface area contributed by atoms with Crippen molar-refractivity contribution in [3.8, 4) is 5.75 Å². The van der Waals surface area contributed by atoms with Crippen LogP contribution in [0, 0.1) is 0 Å². The minimum Gasteiger partial charge on any atom is -0.496 e. The van der Waals surface area contributed by atoms with Gasteiger partial charge in [0.2, 0.25) is 10.0 Å². The van der Waals surface area contributed by atoms with Crippen LogP contribution < -0.4 is 10.5 Å². The van der Waals surface area contributed by atoms with E-state index < -0.39 is 10.0 Å². The molecule has 1 aliphatic rings. The van der Waals surface area contributed by atoms with Crippen LogP contribution in [-0.4, -0.2) is 43.4 Å². The molecule has 2 N–H and O–H groups in total. The molecule has 1 heterocycles. The molecule has 0 spiro atoms. The Bertz CT molecular complexity index is 604. The molecule has 5 nitrogen and oxygen atoms in total. The Kier molecular flexibility index (Phi) is 5.19. The van der Waals surface area contributed by atoms with Crippen LogP contribution in [0.5, 0.6) is 5.75 Å². The first-order chi connectivity index (χ1) is 9.91. The predicted molar refractivity (Wildman–Crippen MR) is 86.2 cm³/mol. The van der Waals surface area contributed by atoms with Crippen molar-refractivity contribution in [2.75, 3.05) is 19.4 Å². The highest BCUT2D eigenvalue weighted by Gasteiger charge is 2.35. The van der Waals surface area contributed by atoms with Crippen molar-refractivity contribution in [2.24, 2.45) is 5.73 Å². The molecule has 1 aliphatic heterocycles. The highest BCUT2D eigenvalue weighted by atomic mass is 32.2. The van der Waals surface area contributed by atoms with Gasteiger partial charge in [-0.2, -0.15) is 16.1 Å². The molecule has 2 unspecified atom stereocenters. The number of rotatable bonds is 4. The largest absolute Gasteiger partial charge is 0.496 e. The van der Waals surface area contributed by atoms with Crippen molar-refractivity contribution in [2.45, 2.75) is 36.6 Å². The highest BCUT2D eigenvalue weighted by molar-refractivity contribution is 8.00. The van der Waals surface area contributed by atoms with E-state index in [1.54, 1.807) is 29.6 Å². The molecule has 7 heteroatoms. The third-order valence-electron chi connectivity index (χ3n) is 3.90. The lowest BCUT2D eigenvalue weighted by molar-refractivity contribution is 0.340. The van der Waals surface area contributed by atoms with Gasteiger partial charge in [0, 0.05) is 35.7 Å². The minimum atomic E-state index is -3.49. The number of nitrogens with two attached hydrogens (primary N) is 1. The molecule has 21 heavy (non-hydrogen) atoms. The average molecular weight is 330 g/mol. The Morgan fingerprint density at radius 1 is 1.43 bits per heavy atom. The fourth-order valence-corrected chi connectivity index (χ4v) is 5.50. The molecule has 0 aliphatic carbocycles. The summed E-state index contributed by atoms with van der Waals surface area (Å²) in [7, 11) is -1.94. The Balaban J connectivity index is 2.39. The van der Waals surface area contributed by atoms with Crippen LogP contribution in [0.2, 0.25) is 0 Å². The Morgan fingerprint density at radius 3 is 2.76 bits per heavy atom.